The molecule has 0 radical (unpaired) electrons. The highest BCUT2D eigenvalue weighted by Crippen LogP contribution is 2.34. The molecule has 0 aliphatic rings. The van der Waals surface area contributed by atoms with E-state index in [-0.39, 0.29) is 11.7 Å². The van der Waals surface area contributed by atoms with Crippen LogP contribution in [0.25, 0.3) is 20.4 Å². The summed E-state index contributed by atoms with van der Waals surface area (Å²) >= 11 is 3.02. The molecule has 1 aromatic carbocycles. The van der Waals surface area contributed by atoms with Crippen LogP contribution in [0.5, 0.6) is 0 Å². The molecular weight excluding hydrogens is 294 g/mol. The highest BCUT2D eigenvalue weighted by molar-refractivity contribution is 7.28. The van der Waals surface area contributed by atoms with Gasteiger partial charge in [-0.15, -0.1) is 11.3 Å². The normalized spacial score (nSPS) is 11.2. The second kappa shape index (κ2) is 4.36. The number of H-pyrrole nitrogens is 1. The summed E-state index contributed by atoms with van der Waals surface area (Å²) in [7, 11) is 0. The van der Waals surface area contributed by atoms with Crippen LogP contribution in [0.4, 0.5) is 5.13 Å². The van der Waals surface area contributed by atoms with E-state index in [4.69, 9.17) is 0 Å². The van der Waals surface area contributed by atoms with Gasteiger partial charge in [-0.1, -0.05) is 11.3 Å². The van der Waals surface area contributed by atoms with Crippen LogP contribution < -0.4 is 5.32 Å². The molecule has 3 aromatic heterocycles. The van der Waals surface area contributed by atoms with Crippen molar-refractivity contribution >= 4 is 54.1 Å². The van der Waals surface area contributed by atoms with E-state index in [1.165, 1.54) is 17.5 Å². The molecule has 0 aliphatic heterocycles. The molecule has 0 spiro atoms. The van der Waals surface area contributed by atoms with Gasteiger partial charge in [-0.3, -0.25) is 10.1 Å². The van der Waals surface area contributed by atoms with E-state index in [0.717, 1.165) is 20.4 Å². The minimum absolute atomic E-state index is 0.271. The van der Waals surface area contributed by atoms with E-state index < -0.39 is 0 Å². The fraction of sp³-hybridized carbons (Fsp3) is 0. The van der Waals surface area contributed by atoms with Crippen LogP contribution in [-0.2, 0) is 0 Å². The maximum absolute atomic E-state index is 11.9. The molecule has 0 atom stereocenters. The van der Waals surface area contributed by atoms with E-state index in [9.17, 15) is 4.79 Å². The zero-order chi connectivity index (χ0) is 13.5. The van der Waals surface area contributed by atoms with E-state index in [1.807, 2.05) is 17.6 Å². The van der Waals surface area contributed by atoms with E-state index in [1.54, 1.807) is 17.5 Å². The summed E-state index contributed by atoms with van der Waals surface area (Å²) < 4.78 is 2.14. The third-order valence-corrected chi connectivity index (χ3v) is 4.78. The van der Waals surface area contributed by atoms with Crippen molar-refractivity contribution in [3.05, 3.63) is 35.9 Å². The van der Waals surface area contributed by atoms with Crippen LogP contribution in [0.3, 0.4) is 0 Å². The monoisotopic (exact) mass is 301 g/mol. The molecule has 4 aromatic rings. The highest BCUT2D eigenvalue weighted by Gasteiger charge is 2.13. The van der Waals surface area contributed by atoms with Gasteiger partial charge in [-0.05, 0) is 12.1 Å². The summed E-state index contributed by atoms with van der Waals surface area (Å²) in [5.41, 5.74) is 3.63. The second-order valence-electron chi connectivity index (χ2n) is 4.03. The van der Waals surface area contributed by atoms with Gasteiger partial charge in [0.15, 0.2) is 11.0 Å². The zero-order valence-electron chi connectivity index (χ0n) is 9.95. The first-order chi connectivity index (χ1) is 9.81. The van der Waals surface area contributed by atoms with E-state index >= 15 is 0 Å². The van der Waals surface area contributed by atoms with Gasteiger partial charge in [0.2, 0.25) is 0 Å². The summed E-state index contributed by atoms with van der Waals surface area (Å²) in [5.74, 6) is -0.0261. The Balaban J connectivity index is 1.75. The lowest BCUT2D eigenvalue weighted by molar-refractivity contribution is 0.101. The van der Waals surface area contributed by atoms with Crippen molar-refractivity contribution in [2.45, 2.75) is 0 Å². The number of aromatic nitrogens is 4. The molecule has 6 nitrogen and oxygen atoms in total. The summed E-state index contributed by atoms with van der Waals surface area (Å²) in [6, 6.07) is 3.85. The van der Waals surface area contributed by atoms with Crippen molar-refractivity contribution < 1.29 is 4.79 Å². The van der Waals surface area contributed by atoms with Gasteiger partial charge in [0.25, 0.3) is 5.91 Å². The molecular formula is C12H7N5OS2. The van der Waals surface area contributed by atoms with Gasteiger partial charge in [0, 0.05) is 12.4 Å². The van der Waals surface area contributed by atoms with Crippen LogP contribution in [0, 0.1) is 0 Å². The van der Waals surface area contributed by atoms with Gasteiger partial charge < -0.3 is 4.98 Å². The lowest BCUT2D eigenvalue weighted by Gasteiger charge is -1.96. The van der Waals surface area contributed by atoms with Crippen molar-refractivity contribution in [1.29, 1.82) is 0 Å². The predicted octanol–water partition coefficient (Wildman–Crippen LogP) is 2.88. The van der Waals surface area contributed by atoms with E-state index in [2.05, 4.69) is 25.3 Å². The van der Waals surface area contributed by atoms with Crippen LogP contribution >= 0.6 is 22.7 Å². The molecule has 3 heterocycles. The number of nitrogens with one attached hydrogen (secondary N) is 2. The Morgan fingerprint density at radius 2 is 2.10 bits per heavy atom. The van der Waals surface area contributed by atoms with Crippen molar-refractivity contribution in [3.63, 3.8) is 0 Å². The molecule has 8 heteroatoms. The minimum atomic E-state index is -0.297. The summed E-state index contributed by atoms with van der Waals surface area (Å²) in [5, 5.41) is 3.31. The number of benzene rings is 1. The van der Waals surface area contributed by atoms with Gasteiger partial charge in [-0.2, -0.15) is 0 Å². The quantitative estimate of drug-likeness (QED) is 0.596. The Labute approximate surface area is 120 Å². The highest BCUT2D eigenvalue weighted by atomic mass is 32.1. The molecule has 0 fully saturated rings. The fourth-order valence-corrected chi connectivity index (χ4v) is 3.80. The first-order valence-electron chi connectivity index (χ1n) is 5.75. The van der Waals surface area contributed by atoms with Crippen molar-refractivity contribution in [3.8, 4) is 0 Å². The SMILES string of the molecule is O=C(Nc1nc2ccc3ncsc3c2s1)c1ncc[nH]1. The fourth-order valence-electron chi connectivity index (χ4n) is 1.91. The number of carbonyl (C=O) groups is 1. The maximum Gasteiger partial charge on any atom is 0.293 e. The molecule has 1 amide bonds. The van der Waals surface area contributed by atoms with Crippen molar-refractivity contribution in [2.24, 2.45) is 0 Å². The number of carbonyl (C=O) groups excluding carboxylic acids is 1. The molecule has 0 bridgehead atoms. The van der Waals surface area contributed by atoms with Crippen LogP contribution in [0.2, 0.25) is 0 Å². The average molecular weight is 301 g/mol. The average Bonchev–Trinajstić information content (AvgIpc) is 3.17. The van der Waals surface area contributed by atoms with Gasteiger partial charge in [0.05, 0.1) is 25.9 Å². The zero-order valence-corrected chi connectivity index (χ0v) is 11.6. The Kier molecular flexibility index (Phi) is 2.51. The number of thiazole rings is 2. The van der Waals surface area contributed by atoms with Crippen LogP contribution in [-0.4, -0.2) is 25.8 Å². The summed E-state index contributed by atoms with van der Waals surface area (Å²) in [6.45, 7) is 0. The number of anilines is 1. The van der Waals surface area contributed by atoms with Gasteiger partial charge in [-0.25, -0.2) is 15.0 Å². The summed E-state index contributed by atoms with van der Waals surface area (Å²) in [4.78, 5) is 27.3. The molecule has 20 heavy (non-hydrogen) atoms. The number of imidazole rings is 1. The molecule has 0 saturated heterocycles. The number of amides is 1. The number of nitrogens with zero attached hydrogens (tertiary/aromatic N) is 3. The molecule has 4 rings (SSSR count). The molecule has 0 unspecified atom stereocenters. The number of hydrogen-bond donors (Lipinski definition) is 2. The van der Waals surface area contributed by atoms with Gasteiger partial charge >= 0.3 is 0 Å². The number of rotatable bonds is 2. The predicted molar refractivity (Wildman–Crippen MR) is 79.3 cm³/mol. The standard InChI is InChI=1S/C12H7N5OS2/c18-11(10-13-3-4-14-10)17-12-16-7-2-1-6-8(9(7)20-12)19-5-15-6/h1-5H,(H,13,14)(H,16,17,18). The summed E-state index contributed by atoms with van der Waals surface area (Å²) in [6.07, 6.45) is 3.14. The van der Waals surface area contributed by atoms with Crippen molar-refractivity contribution in [2.75, 3.05) is 5.32 Å². The van der Waals surface area contributed by atoms with Gasteiger partial charge in [0.1, 0.15) is 0 Å². The largest absolute Gasteiger partial charge is 0.341 e. The van der Waals surface area contributed by atoms with Crippen LogP contribution in [0.1, 0.15) is 10.6 Å². The Bertz CT molecular complexity index is 909. The third-order valence-electron chi connectivity index (χ3n) is 2.79. The number of hydrogen-bond acceptors (Lipinski definition) is 6. The number of fused-ring (bicyclic) bond motifs is 3. The first kappa shape index (κ1) is 11.5. The third kappa shape index (κ3) is 1.77. The second-order valence-corrected chi connectivity index (χ2v) is 5.88. The molecule has 98 valence electrons. The molecule has 2 N–H and O–H groups in total. The van der Waals surface area contributed by atoms with Crippen molar-refractivity contribution in [1.82, 2.24) is 19.9 Å². The maximum atomic E-state index is 11.9. The molecule has 0 saturated carbocycles. The Hall–Kier alpha value is -2.32. The van der Waals surface area contributed by atoms with Crippen LogP contribution in [0.15, 0.2) is 30.0 Å². The number of aromatic amines is 1. The first-order valence-corrected chi connectivity index (χ1v) is 7.44. The molecule has 0 aliphatic carbocycles. The Morgan fingerprint density at radius 1 is 1.20 bits per heavy atom. The minimum Gasteiger partial charge on any atom is -0.341 e. The topological polar surface area (TPSA) is 83.6 Å². The smallest absolute Gasteiger partial charge is 0.293 e. The Morgan fingerprint density at radius 3 is 2.95 bits per heavy atom. The lowest BCUT2D eigenvalue weighted by Crippen LogP contribution is -2.13. The lowest BCUT2D eigenvalue weighted by atomic mass is 10.3. The van der Waals surface area contributed by atoms with E-state index in [0.29, 0.717) is 5.13 Å².